The number of aryl methyl sites for hydroxylation is 1. The molecule has 0 radical (unpaired) electrons. The van der Waals surface area contributed by atoms with Gasteiger partial charge in [0.1, 0.15) is 11.6 Å². The summed E-state index contributed by atoms with van der Waals surface area (Å²) in [6, 6.07) is 12.7. The standard InChI is InChI=1S/C17H18FNO/c1-11(12-3-2-4-15(20)10-12)19-17-8-5-13-9-14(18)6-7-16(13)17/h2-4,6-7,9-11,17,19-20H,5,8H2,1H3. The van der Waals surface area contributed by atoms with Crippen LogP contribution in [0.3, 0.4) is 0 Å². The van der Waals surface area contributed by atoms with Crippen molar-refractivity contribution in [3.05, 3.63) is 65.0 Å². The second-order valence-electron chi connectivity index (χ2n) is 5.42. The van der Waals surface area contributed by atoms with Crippen molar-refractivity contribution in [2.75, 3.05) is 0 Å². The lowest BCUT2D eigenvalue weighted by Gasteiger charge is -2.21. The predicted molar refractivity (Wildman–Crippen MR) is 77.1 cm³/mol. The number of benzene rings is 2. The summed E-state index contributed by atoms with van der Waals surface area (Å²) in [4.78, 5) is 0. The molecule has 0 bridgehead atoms. The molecule has 2 nitrogen and oxygen atoms in total. The first-order valence-electron chi connectivity index (χ1n) is 6.97. The first-order valence-corrected chi connectivity index (χ1v) is 6.97. The molecule has 104 valence electrons. The quantitative estimate of drug-likeness (QED) is 0.888. The zero-order chi connectivity index (χ0) is 14.1. The second kappa shape index (κ2) is 5.25. The van der Waals surface area contributed by atoms with Crippen molar-refractivity contribution in [1.29, 1.82) is 0 Å². The van der Waals surface area contributed by atoms with Gasteiger partial charge in [-0.2, -0.15) is 0 Å². The number of aromatic hydroxyl groups is 1. The van der Waals surface area contributed by atoms with Gasteiger partial charge in [-0.1, -0.05) is 18.2 Å². The Morgan fingerprint density at radius 3 is 2.90 bits per heavy atom. The summed E-state index contributed by atoms with van der Waals surface area (Å²) < 4.78 is 13.2. The zero-order valence-corrected chi connectivity index (χ0v) is 11.4. The minimum Gasteiger partial charge on any atom is -0.508 e. The van der Waals surface area contributed by atoms with E-state index in [-0.39, 0.29) is 23.7 Å². The van der Waals surface area contributed by atoms with Crippen molar-refractivity contribution in [2.45, 2.75) is 31.8 Å². The lowest BCUT2D eigenvalue weighted by molar-refractivity contribution is 0.455. The van der Waals surface area contributed by atoms with Crippen LogP contribution in [0, 0.1) is 5.82 Å². The summed E-state index contributed by atoms with van der Waals surface area (Å²) in [7, 11) is 0. The zero-order valence-electron chi connectivity index (χ0n) is 11.4. The fourth-order valence-corrected chi connectivity index (χ4v) is 2.95. The molecule has 2 atom stereocenters. The van der Waals surface area contributed by atoms with Crippen LogP contribution in [0.4, 0.5) is 4.39 Å². The van der Waals surface area contributed by atoms with Crippen LogP contribution >= 0.6 is 0 Å². The van der Waals surface area contributed by atoms with E-state index in [0.29, 0.717) is 0 Å². The fourth-order valence-electron chi connectivity index (χ4n) is 2.95. The molecule has 2 aromatic carbocycles. The lowest BCUT2D eigenvalue weighted by atomic mass is 10.0. The molecule has 0 amide bonds. The summed E-state index contributed by atoms with van der Waals surface area (Å²) in [6.45, 7) is 2.08. The maximum absolute atomic E-state index is 13.2. The Morgan fingerprint density at radius 2 is 2.10 bits per heavy atom. The topological polar surface area (TPSA) is 32.3 Å². The summed E-state index contributed by atoms with van der Waals surface area (Å²) >= 11 is 0. The van der Waals surface area contributed by atoms with E-state index < -0.39 is 0 Å². The van der Waals surface area contributed by atoms with E-state index in [9.17, 15) is 9.50 Å². The number of fused-ring (bicyclic) bond motifs is 1. The van der Waals surface area contributed by atoms with Crippen LogP contribution in [-0.4, -0.2) is 5.11 Å². The monoisotopic (exact) mass is 271 g/mol. The van der Waals surface area contributed by atoms with Gasteiger partial charge >= 0.3 is 0 Å². The summed E-state index contributed by atoms with van der Waals surface area (Å²) in [6.07, 6.45) is 1.90. The molecule has 2 aromatic rings. The summed E-state index contributed by atoms with van der Waals surface area (Å²) in [5, 5.41) is 13.1. The maximum atomic E-state index is 13.2. The normalized spacial score (nSPS) is 18.8. The molecule has 2 N–H and O–H groups in total. The van der Waals surface area contributed by atoms with Crippen molar-refractivity contribution in [3.63, 3.8) is 0 Å². The SMILES string of the molecule is CC(NC1CCc2cc(F)ccc21)c1cccc(O)c1. The van der Waals surface area contributed by atoms with Crippen LogP contribution in [0.15, 0.2) is 42.5 Å². The van der Waals surface area contributed by atoms with Gasteiger partial charge in [-0.3, -0.25) is 0 Å². The molecule has 0 spiro atoms. The first-order chi connectivity index (χ1) is 9.63. The van der Waals surface area contributed by atoms with Crippen molar-refractivity contribution >= 4 is 0 Å². The van der Waals surface area contributed by atoms with E-state index in [2.05, 4.69) is 12.2 Å². The smallest absolute Gasteiger partial charge is 0.123 e. The van der Waals surface area contributed by atoms with Gasteiger partial charge in [-0.25, -0.2) is 4.39 Å². The maximum Gasteiger partial charge on any atom is 0.123 e. The van der Waals surface area contributed by atoms with Crippen LogP contribution in [0.2, 0.25) is 0 Å². The van der Waals surface area contributed by atoms with E-state index in [1.165, 1.54) is 11.6 Å². The number of phenolic OH excluding ortho intramolecular Hbond substituents is 1. The molecule has 0 saturated carbocycles. The Kier molecular flexibility index (Phi) is 3.45. The van der Waals surface area contributed by atoms with Gasteiger partial charge in [0, 0.05) is 12.1 Å². The van der Waals surface area contributed by atoms with Gasteiger partial charge in [0.25, 0.3) is 0 Å². The van der Waals surface area contributed by atoms with E-state index in [1.54, 1.807) is 18.2 Å². The van der Waals surface area contributed by atoms with Gasteiger partial charge in [-0.15, -0.1) is 0 Å². The Hall–Kier alpha value is -1.87. The Labute approximate surface area is 118 Å². The largest absolute Gasteiger partial charge is 0.508 e. The molecule has 0 aromatic heterocycles. The van der Waals surface area contributed by atoms with Gasteiger partial charge in [0.2, 0.25) is 0 Å². The van der Waals surface area contributed by atoms with Crippen LogP contribution < -0.4 is 5.32 Å². The van der Waals surface area contributed by atoms with Crippen LogP contribution in [-0.2, 0) is 6.42 Å². The second-order valence-corrected chi connectivity index (χ2v) is 5.42. The van der Waals surface area contributed by atoms with Crippen molar-refractivity contribution in [2.24, 2.45) is 0 Å². The van der Waals surface area contributed by atoms with E-state index in [1.807, 2.05) is 18.2 Å². The molecule has 1 aliphatic rings. The van der Waals surface area contributed by atoms with Crippen LogP contribution in [0.25, 0.3) is 0 Å². The molecule has 0 heterocycles. The number of halogens is 1. The third-order valence-electron chi connectivity index (χ3n) is 4.00. The van der Waals surface area contributed by atoms with Crippen molar-refractivity contribution in [1.82, 2.24) is 5.32 Å². The molecular formula is C17H18FNO. The number of hydrogen-bond acceptors (Lipinski definition) is 2. The van der Waals surface area contributed by atoms with Crippen molar-refractivity contribution < 1.29 is 9.50 Å². The van der Waals surface area contributed by atoms with Gasteiger partial charge in [-0.05, 0) is 60.7 Å². The number of nitrogens with one attached hydrogen (secondary N) is 1. The number of rotatable bonds is 3. The Bertz CT molecular complexity index is 626. The molecule has 1 aliphatic carbocycles. The third kappa shape index (κ3) is 2.54. The molecule has 0 saturated heterocycles. The van der Waals surface area contributed by atoms with Gasteiger partial charge in [0.05, 0.1) is 0 Å². The van der Waals surface area contributed by atoms with E-state index >= 15 is 0 Å². The Morgan fingerprint density at radius 1 is 1.25 bits per heavy atom. The molecule has 2 unspecified atom stereocenters. The number of phenols is 1. The minimum atomic E-state index is -0.162. The highest BCUT2D eigenvalue weighted by molar-refractivity contribution is 5.36. The van der Waals surface area contributed by atoms with Crippen LogP contribution in [0.5, 0.6) is 5.75 Å². The average Bonchev–Trinajstić information content (AvgIpc) is 2.81. The Balaban J connectivity index is 1.77. The highest BCUT2D eigenvalue weighted by atomic mass is 19.1. The minimum absolute atomic E-state index is 0.142. The molecule has 0 aliphatic heterocycles. The molecule has 3 rings (SSSR count). The highest BCUT2D eigenvalue weighted by Gasteiger charge is 2.24. The fraction of sp³-hybridized carbons (Fsp3) is 0.294. The van der Waals surface area contributed by atoms with Crippen molar-refractivity contribution in [3.8, 4) is 5.75 Å². The first kappa shape index (κ1) is 13.1. The summed E-state index contributed by atoms with van der Waals surface area (Å²) in [5.74, 6) is 0.121. The highest BCUT2D eigenvalue weighted by Crippen LogP contribution is 2.33. The average molecular weight is 271 g/mol. The lowest BCUT2D eigenvalue weighted by Crippen LogP contribution is -2.22. The van der Waals surface area contributed by atoms with E-state index in [0.717, 1.165) is 24.0 Å². The van der Waals surface area contributed by atoms with E-state index in [4.69, 9.17) is 0 Å². The predicted octanol–water partition coefficient (Wildman–Crippen LogP) is 3.87. The molecule has 0 fully saturated rings. The summed E-state index contributed by atoms with van der Waals surface area (Å²) in [5.41, 5.74) is 3.35. The third-order valence-corrected chi connectivity index (χ3v) is 4.00. The molecular weight excluding hydrogens is 253 g/mol. The van der Waals surface area contributed by atoms with Gasteiger partial charge < -0.3 is 10.4 Å². The molecule has 20 heavy (non-hydrogen) atoms. The van der Waals surface area contributed by atoms with Gasteiger partial charge in [0.15, 0.2) is 0 Å². The molecule has 3 heteroatoms. The number of hydrogen-bond donors (Lipinski definition) is 2. The van der Waals surface area contributed by atoms with Crippen LogP contribution in [0.1, 0.15) is 42.1 Å².